The molecule has 3 rings (SSSR count). The van der Waals surface area contributed by atoms with E-state index in [2.05, 4.69) is 14.7 Å². The Bertz CT molecular complexity index is 739. The number of hydrogen-bond acceptors (Lipinski definition) is 5. The number of hydrazine groups is 1. The summed E-state index contributed by atoms with van der Waals surface area (Å²) >= 11 is 0. The van der Waals surface area contributed by atoms with Gasteiger partial charge in [-0.25, -0.2) is 13.4 Å². The van der Waals surface area contributed by atoms with E-state index in [9.17, 15) is 8.42 Å². The van der Waals surface area contributed by atoms with Gasteiger partial charge >= 0.3 is 0 Å². The molecular weight excluding hydrogens is 312 g/mol. The van der Waals surface area contributed by atoms with Gasteiger partial charge in [-0.15, -0.1) is 4.83 Å². The summed E-state index contributed by atoms with van der Waals surface area (Å²) in [6.07, 6.45) is 3.43. The van der Waals surface area contributed by atoms with Crippen molar-refractivity contribution in [3.8, 4) is 11.1 Å². The van der Waals surface area contributed by atoms with Crippen LogP contribution in [0.15, 0.2) is 53.7 Å². The average molecular weight is 332 g/mol. The van der Waals surface area contributed by atoms with Crippen molar-refractivity contribution >= 4 is 10.0 Å². The predicted molar refractivity (Wildman–Crippen MR) is 89.1 cm³/mol. The van der Waals surface area contributed by atoms with Crippen LogP contribution in [-0.2, 0) is 10.0 Å². The molecule has 2 heterocycles. The van der Waals surface area contributed by atoms with Crippen LogP contribution in [0.3, 0.4) is 0 Å². The first kappa shape index (κ1) is 16.1. The van der Waals surface area contributed by atoms with E-state index in [0.717, 1.165) is 24.2 Å². The molecule has 1 aliphatic rings. The van der Waals surface area contributed by atoms with E-state index in [1.54, 1.807) is 29.5 Å². The van der Waals surface area contributed by atoms with Crippen molar-refractivity contribution in [2.45, 2.75) is 4.90 Å². The third-order valence-electron chi connectivity index (χ3n) is 3.93. The van der Waals surface area contributed by atoms with E-state index < -0.39 is 10.0 Å². The Hall–Kier alpha value is -1.80. The summed E-state index contributed by atoms with van der Waals surface area (Å²) < 4.78 is 24.9. The third kappa shape index (κ3) is 3.94. The molecule has 1 aliphatic heterocycles. The number of likely N-dealkylation sites (N-methyl/N-ethyl adjacent to an activating group) is 1. The number of nitrogens with zero attached hydrogens (tertiary/aromatic N) is 3. The fourth-order valence-corrected chi connectivity index (χ4v) is 3.61. The van der Waals surface area contributed by atoms with Crippen LogP contribution in [0.1, 0.15) is 0 Å². The van der Waals surface area contributed by atoms with Crippen molar-refractivity contribution in [3.63, 3.8) is 0 Å². The van der Waals surface area contributed by atoms with Gasteiger partial charge in [0, 0.05) is 38.6 Å². The standard InChI is InChI=1S/C16H20N4O2S/c1-19-10-12-20(13-11-19)18-23(21,22)16-4-2-14(3-5-16)15-6-8-17-9-7-15/h2-9,18H,10-13H2,1H3. The fraction of sp³-hybridized carbons (Fsp3) is 0.312. The summed E-state index contributed by atoms with van der Waals surface area (Å²) in [5.74, 6) is 0. The van der Waals surface area contributed by atoms with Gasteiger partial charge in [-0.05, 0) is 42.4 Å². The first-order chi connectivity index (χ1) is 11.0. The van der Waals surface area contributed by atoms with Crippen molar-refractivity contribution < 1.29 is 8.42 Å². The molecule has 6 nitrogen and oxygen atoms in total. The minimum absolute atomic E-state index is 0.272. The minimum Gasteiger partial charge on any atom is -0.304 e. The van der Waals surface area contributed by atoms with Crippen LogP contribution >= 0.6 is 0 Å². The molecule has 1 fully saturated rings. The summed E-state index contributed by atoms with van der Waals surface area (Å²) in [5.41, 5.74) is 1.97. The average Bonchev–Trinajstić information content (AvgIpc) is 2.58. The van der Waals surface area contributed by atoms with E-state index in [1.165, 1.54) is 0 Å². The Morgan fingerprint density at radius 2 is 1.48 bits per heavy atom. The van der Waals surface area contributed by atoms with Crippen molar-refractivity contribution in [1.82, 2.24) is 19.7 Å². The quantitative estimate of drug-likeness (QED) is 0.911. The van der Waals surface area contributed by atoms with Gasteiger partial charge in [0.05, 0.1) is 4.90 Å². The topological polar surface area (TPSA) is 65.5 Å². The molecule has 1 aromatic heterocycles. The molecule has 0 spiro atoms. The smallest absolute Gasteiger partial charge is 0.253 e. The lowest BCUT2D eigenvalue weighted by molar-refractivity contribution is 0.135. The van der Waals surface area contributed by atoms with E-state index in [-0.39, 0.29) is 4.90 Å². The molecule has 1 saturated heterocycles. The van der Waals surface area contributed by atoms with Crippen LogP contribution < -0.4 is 4.83 Å². The molecule has 0 saturated carbocycles. The highest BCUT2D eigenvalue weighted by Gasteiger charge is 2.21. The Morgan fingerprint density at radius 1 is 0.913 bits per heavy atom. The minimum atomic E-state index is -3.53. The molecule has 1 N–H and O–H groups in total. The number of piperazine rings is 1. The number of nitrogens with one attached hydrogen (secondary N) is 1. The fourth-order valence-electron chi connectivity index (χ4n) is 2.49. The second-order valence-electron chi connectivity index (χ2n) is 5.65. The predicted octanol–water partition coefficient (Wildman–Crippen LogP) is 1.19. The summed E-state index contributed by atoms with van der Waals surface area (Å²) in [7, 11) is -1.50. The van der Waals surface area contributed by atoms with Gasteiger partial charge in [-0.1, -0.05) is 12.1 Å². The van der Waals surface area contributed by atoms with Gasteiger partial charge in [-0.3, -0.25) is 4.98 Å². The van der Waals surface area contributed by atoms with Gasteiger partial charge in [0.1, 0.15) is 0 Å². The van der Waals surface area contributed by atoms with Gasteiger partial charge in [-0.2, -0.15) is 0 Å². The number of rotatable bonds is 4. The van der Waals surface area contributed by atoms with Crippen molar-refractivity contribution in [3.05, 3.63) is 48.8 Å². The molecule has 0 bridgehead atoms. The van der Waals surface area contributed by atoms with Crippen LogP contribution in [0.2, 0.25) is 0 Å². The Balaban J connectivity index is 1.73. The van der Waals surface area contributed by atoms with E-state index in [1.807, 2.05) is 31.3 Å². The van der Waals surface area contributed by atoms with Crippen molar-refractivity contribution in [1.29, 1.82) is 0 Å². The maximum absolute atomic E-state index is 12.5. The summed E-state index contributed by atoms with van der Waals surface area (Å²) in [6.45, 7) is 3.07. The van der Waals surface area contributed by atoms with Crippen LogP contribution in [0, 0.1) is 0 Å². The molecule has 7 heteroatoms. The lowest BCUT2D eigenvalue weighted by Crippen LogP contribution is -2.52. The molecule has 0 amide bonds. The van der Waals surface area contributed by atoms with E-state index in [0.29, 0.717) is 13.1 Å². The normalized spacial score (nSPS) is 17.3. The monoisotopic (exact) mass is 332 g/mol. The zero-order chi connectivity index (χ0) is 16.3. The molecule has 1 aromatic carbocycles. The largest absolute Gasteiger partial charge is 0.304 e. The lowest BCUT2D eigenvalue weighted by atomic mass is 10.1. The third-order valence-corrected chi connectivity index (χ3v) is 5.32. The maximum atomic E-state index is 12.5. The molecule has 0 radical (unpaired) electrons. The molecule has 122 valence electrons. The lowest BCUT2D eigenvalue weighted by Gasteiger charge is -2.32. The van der Waals surface area contributed by atoms with Gasteiger partial charge in [0.15, 0.2) is 0 Å². The van der Waals surface area contributed by atoms with Gasteiger partial charge < -0.3 is 4.90 Å². The molecular formula is C16H20N4O2S. The van der Waals surface area contributed by atoms with Gasteiger partial charge in [0.25, 0.3) is 10.0 Å². The Kier molecular flexibility index (Phi) is 4.72. The zero-order valence-corrected chi connectivity index (χ0v) is 13.8. The molecule has 0 aliphatic carbocycles. The highest BCUT2D eigenvalue weighted by Crippen LogP contribution is 2.20. The highest BCUT2D eigenvalue weighted by atomic mass is 32.2. The second-order valence-corrected chi connectivity index (χ2v) is 7.31. The van der Waals surface area contributed by atoms with Crippen LogP contribution in [0.5, 0.6) is 0 Å². The van der Waals surface area contributed by atoms with Crippen LogP contribution in [0.4, 0.5) is 0 Å². The van der Waals surface area contributed by atoms with Crippen LogP contribution in [-0.4, -0.2) is 56.5 Å². The number of sulfonamides is 1. The molecule has 2 aromatic rings. The second kappa shape index (κ2) is 6.76. The summed E-state index contributed by atoms with van der Waals surface area (Å²) in [6, 6.07) is 10.7. The van der Waals surface area contributed by atoms with Crippen LogP contribution in [0.25, 0.3) is 11.1 Å². The van der Waals surface area contributed by atoms with Crippen molar-refractivity contribution in [2.75, 3.05) is 33.2 Å². The Morgan fingerprint density at radius 3 is 2.09 bits per heavy atom. The molecule has 0 unspecified atom stereocenters. The summed E-state index contributed by atoms with van der Waals surface area (Å²) in [5, 5.41) is 1.76. The zero-order valence-electron chi connectivity index (χ0n) is 13.0. The van der Waals surface area contributed by atoms with E-state index in [4.69, 9.17) is 0 Å². The highest BCUT2D eigenvalue weighted by molar-refractivity contribution is 7.89. The SMILES string of the molecule is CN1CCN(NS(=O)(=O)c2ccc(-c3ccncc3)cc2)CC1. The number of hydrogen-bond donors (Lipinski definition) is 1. The van der Waals surface area contributed by atoms with Gasteiger partial charge in [0.2, 0.25) is 0 Å². The Labute approximate surface area is 136 Å². The first-order valence-corrected chi connectivity index (χ1v) is 8.99. The molecule has 23 heavy (non-hydrogen) atoms. The van der Waals surface area contributed by atoms with Crippen molar-refractivity contribution in [2.24, 2.45) is 0 Å². The maximum Gasteiger partial charge on any atom is 0.253 e. The molecule has 0 atom stereocenters. The number of pyridine rings is 1. The summed E-state index contributed by atoms with van der Waals surface area (Å²) in [4.78, 5) is 9.09. The van der Waals surface area contributed by atoms with E-state index >= 15 is 0 Å². The number of benzene rings is 1. The first-order valence-electron chi connectivity index (χ1n) is 7.51. The number of aromatic nitrogens is 1.